The van der Waals surface area contributed by atoms with E-state index >= 15 is 0 Å². The van der Waals surface area contributed by atoms with Crippen LogP contribution in [0.3, 0.4) is 0 Å². The van der Waals surface area contributed by atoms with Crippen LogP contribution in [0.5, 0.6) is 5.75 Å². The number of thioether (sulfide) groups is 1. The molecule has 0 aliphatic carbocycles. The van der Waals surface area contributed by atoms with Crippen LogP contribution in [0.15, 0.2) is 42.5 Å². The lowest BCUT2D eigenvalue weighted by molar-refractivity contribution is -0.118. The van der Waals surface area contributed by atoms with Crippen LogP contribution in [0.1, 0.15) is 29.5 Å². The third-order valence-electron chi connectivity index (χ3n) is 4.58. The van der Waals surface area contributed by atoms with Crippen molar-refractivity contribution in [1.29, 1.82) is 0 Å². The lowest BCUT2D eigenvalue weighted by Crippen LogP contribution is -2.27. The summed E-state index contributed by atoms with van der Waals surface area (Å²) in [7, 11) is 1.65. The van der Waals surface area contributed by atoms with Crippen molar-refractivity contribution in [3.8, 4) is 5.75 Å². The third kappa shape index (κ3) is 7.81. The molecule has 2 amide bonds. The summed E-state index contributed by atoms with van der Waals surface area (Å²) < 4.78 is 5.31. The standard InChI is InChI=1S/C23H30N2O3S/c1-17-8-6-9-18(2)23(17)25-21(26)12-7-15-29-16-22(27)24-14-13-19-10-4-5-11-20(19)28-3/h4-6,8-11H,7,12-16H2,1-3H3,(H,24,27)(H,25,26). The maximum atomic E-state index is 12.1. The molecule has 0 heterocycles. The molecule has 2 aromatic rings. The Kier molecular flexibility index (Phi) is 9.57. The van der Waals surface area contributed by atoms with Gasteiger partial charge in [0, 0.05) is 18.7 Å². The van der Waals surface area contributed by atoms with Crippen molar-refractivity contribution < 1.29 is 14.3 Å². The fourth-order valence-corrected chi connectivity index (χ4v) is 3.79. The molecule has 0 aliphatic rings. The maximum Gasteiger partial charge on any atom is 0.230 e. The molecule has 5 nitrogen and oxygen atoms in total. The SMILES string of the molecule is COc1ccccc1CCNC(=O)CSCCCC(=O)Nc1c(C)cccc1C. The average Bonchev–Trinajstić information content (AvgIpc) is 2.71. The van der Waals surface area contributed by atoms with Crippen molar-refractivity contribution in [3.05, 3.63) is 59.2 Å². The second-order valence-electron chi connectivity index (χ2n) is 6.88. The number of hydrogen-bond donors (Lipinski definition) is 2. The van der Waals surface area contributed by atoms with Crippen LogP contribution in [-0.4, -0.2) is 37.0 Å². The van der Waals surface area contributed by atoms with Gasteiger partial charge in [-0.25, -0.2) is 0 Å². The molecule has 0 bridgehead atoms. The summed E-state index contributed by atoms with van der Waals surface area (Å²) in [5, 5.41) is 5.93. The fraction of sp³-hybridized carbons (Fsp3) is 0.391. The summed E-state index contributed by atoms with van der Waals surface area (Å²) >= 11 is 1.55. The number of amides is 2. The van der Waals surface area contributed by atoms with Gasteiger partial charge >= 0.3 is 0 Å². The Bertz CT molecular complexity index is 803. The third-order valence-corrected chi connectivity index (χ3v) is 5.62. The molecule has 0 fully saturated rings. The zero-order valence-corrected chi connectivity index (χ0v) is 18.2. The first-order valence-electron chi connectivity index (χ1n) is 9.83. The van der Waals surface area contributed by atoms with Gasteiger partial charge < -0.3 is 15.4 Å². The highest BCUT2D eigenvalue weighted by Gasteiger charge is 2.08. The van der Waals surface area contributed by atoms with E-state index in [4.69, 9.17) is 4.74 Å². The molecule has 0 aliphatic heterocycles. The molecule has 0 aromatic heterocycles. The number of carbonyl (C=O) groups is 2. The van der Waals surface area contributed by atoms with Crippen LogP contribution < -0.4 is 15.4 Å². The molecular weight excluding hydrogens is 384 g/mol. The quantitative estimate of drug-likeness (QED) is 0.543. The summed E-state index contributed by atoms with van der Waals surface area (Å²) in [6.45, 7) is 4.56. The van der Waals surface area contributed by atoms with Crippen LogP contribution in [0, 0.1) is 13.8 Å². The fourth-order valence-electron chi connectivity index (χ4n) is 3.01. The van der Waals surface area contributed by atoms with E-state index in [1.54, 1.807) is 18.9 Å². The summed E-state index contributed by atoms with van der Waals surface area (Å²) in [5.74, 6) is 2.06. The molecule has 2 rings (SSSR count). The minimum absolute atomic E-state index is 0.0178. The number of benzene rings is 2. The van der Waals surface area contributed by atoms with Gasteiger partial charge in [-0.05, 0) is 55.2 Å². The first-order chi connectivity index (χ1) is 14.0. The first-order valence-corrected chi connectivity index (χ1v) is 11.0. The molecule has 0 saturated carbocycles. The molecule has 0 unspecified atom stereocenters. The van der Waals surface area contributed by atoms with Gasteiger partial charge in [-0.15, -0.1) is 0 Å². The van der Waals surface area contributed by atoms with E-state index < -0.39 is 0 Å². The Morgan fingerprint density at radius 2 is 1.72 bits per heavy atom. The number of ether oxygens (including phenoxy) is 1. The molecule has 29 heavy (non-hydrogen) atoms. The van der Waals surface area contributed by atoms with E-state index in [0.717, 1.165) is 46.7 Å². The van der Waals surface area contributed by atoms with Gasteiger partial charge in [-0.2, -0.15) is 11.8 Å². The normalized spacial score (nSPS) is 10.4. The van der Waals surface area contributed by atoms with Gasteiger partial charge in [0.1, 0.15) is 5.75 Å². The molecule has 0 spiro atoms. The number of nitrogens with one attached hydrogen (secondary N) is 2. The van der Waals surface area contributed by atoms with Crippen molar-refractivity contribution in [2.45, 2.75) is 33.1 Å². The number of methoxy groups -OCH3 is 1. The second kappa shape index (κ2) is 12.2. The van der Waals surface area contributed by atoms with Crippen LogP contribution >= 0.6 is 11.8 Å². The van der Waals surface area contributed by atoms with Gasteiger partial charge in [0.15, 0.2) is 0 Å². The summed E-state index contributed by atoms with van der Waals surface area (Å²) in [4.78, 5) is 24.1. The van der Waals surface area contributed by atoms with Crippen molar-refractivity contribution in [3.63, 3.8) is 0 Å². The topological polar surface area (TPSA) is 67.4 Å². The monoisotopic (exact) mass is 414 g/mol. The predicted octanol–water partition coefficient (Wildman–Crippen LogP) is 4.12. The Balaban J connectivity index is 1.58. The van der Waals surface area contributed by atoms with Gasteiger partial charge in [0.05, 0.1) is 12.9 Å². The summed E-state index contributed by atoms with van der Waals surface area (Å²) in [6, 6.07) is 13.8. The summed E-state index contributed by atoms with van der Waals surface area (Å²) in [6.07, 6.45) is 1.94. The Labute approximate surface area is 177 Å². The minimum Gasteiger partial charge on any atom is -0.496 e. The Morgan fingerprint density at radius 1 is 1.00 bits per heavy atom. The lowest BCUT2D eigenvalue weighted by Gasteiger charge is -2.11. The number of hydrogen-bond acceptors (Lipinski definition) is 4. The van der Waals surface area contributed by atoms with Gasteiger partial charge in [0.25, 0.3) is 0 Å². The van der Waals surface area contributed by atoms with Crippen molar-refractivity contribution in [1.82, 2.24) is 5.32 Å². The number of rotatable bonds is 11. The van der Waals surface area contributed by atoms with E-state index in [9.17, 15) is 9.59 Å². The van der Waals surface area contributed by atoms with E-state index in [-0.39, 0.29) is 11.8 Å². The number of aryl methyl sites for hydroxylation is 2. The number of para-hydroxylation sites is 2. The second-order valence-corrected chi connectivity index (χ2v) is 7.99. The molecular formula is C23H30N2O3S. The Hall–Kier alpha value is -2.47. The molecule has 156 valence electrons. The van der Waals surface area contributed by atoms with Crippen LogP contribution in [-0.2, 0) is 16.0 Å². The molecule has 6 heteroatoms. The number of anilines is 1. The largest absolute Gasteiger partial charge is 0.496 e. The first kappa shape index (κ1) is 22.8. The van der Waals surface area contributed by atoms with Crippen molar-refractivity contribution >= 4 is 29.3 Å². The van der Waals surface area contributed by atoms with Gasteiger partial charge in [-0.1, -0.05) is 36.4 Å². The minimum atomic E-state index is 0.0178. The van der Waals surface area contributed by atoms with E-state index in [2.05, 4.69) is 10.6 Å². The molecule has 2 aromatic carbocycles. The zero-order valence-electron chi connectivity index (χ0n) is 17.4. The van der Waals surface area contributed by atoms with Crippen LogP contribution in [0.2, 0.25) is 0 Å². The maximum absolute atomic E-state index is 12.1. The van der Waals surface area contributed by atoms with E-state index in [1.165, 1.54) is 0 Å². The highest BCUT2D eigenvalue weighted by molar-refractivity contribution is 7.99. The predicted molar refractivity (Wildman–Crippen MR) is 121 cm³/mol. The highest BCUT2D eigenvalue weighted by atomic mass is 32.2. The smallest absolute Gasteiger partial charge is 0.230 e. The zero-order chi connectivity index (χ0) is 21.1. The van der Waals surface area contributed by atoms with E-state index in [1.807, 2.05) is 56.3 Å². The van der Waals surface area contributed by atoms with E-state index in [0.29, 0.717) is 18.7 Å². The Morgan fingerprint density at radius 3 is 2.45 bits per heavy atom. The van der Waals surface area contributed by atoms with Gasteiger partial charge in [0.2, 0.25) is 11.8 Å². The average molecular weight is 415 g/mol. The van der Waals surface area contributed by atoms with Crippen molar-refractivity contribution in [2.75, 3.05) is 30.5 Å². The molecule has 0 saturated heterocycles. The van der Waals surface area contributed by atoms with Crippen molar-refractivity contribution in [2.24, 2.45) is 0 Å². The van der Waals surface area contributed by atoms with Crippen LogP contribution in [0.25, 0.3) is 0 Å². The number of carbonyl (C=O) groups excluding carboxylic acids is 2. The highest BCUT2D eigenvalue weighted by Crippen LogP contribution is 2.20. The summed E-state index contributed by atoms with van der Waals surface area (Å²) in [5.41, 5.74) is 4.12. The van der Waals surface area contributed by atoms with Gasteiger partial charge in [-0.3, -0.25) is 9.59 Å². The van der Waals surface area contributed by atoms with Crippen LogP contribution in [0.4, 0.5) is 5.69 Å². The molecule has 0 atom stereocenters. The lowest BCUT2D eigenvalue weighted by atomic mass is 10.1. The molecule has 2 N–H and O–H groups in total. The molecule has 0 radical (unpaired) electrons.